The Morgan fingerprint density at radius 2 is 2.18 bits per heavy atom. The van der Waals surface area contributed by atoms with E-state index >= 15 is 0 Å². The summed E-state index contributed by atoms with van der Waals surface area (Å²) in [6.45, 7) is 0. The number of rotatable bonds is 1. The third kappa shape index (κ3) is 1.31. The fraction of sp³-hybridized carbons (Fsp3) is 0.333. The average molecular weight is 156 g/mol. The molecular weight excluding hydrogens is 148 g/mol. The molecule has 0 radical (unpaired) electrons. The van der Waals surface area contributed by atoms with Gasteiger partial charge in [0, 0.05) is 7.05 Å². The van der Waals surface area contributed by atoms with Crippen molar-refractivity contribution in [3.63, 3.8) is 0 Å². The Kier molecular flexibility index (Phi) is 1.80. The van der Waals surface area contributed by atoms with E-state index < -0.39 is 5.69 Å². The number of hydrogen-bond donors (Lipinski definition) is 1. The molecule has 0 spiro atoms. The zero-order valence-corrected chi connectivity index (χ0v) is 6.25. The molecule has 0 aliphatic rings. The average Bonchev–Trinajstić information content (AvgIpc) is 1.99. The summed E-state index contributed by atoms with van der Waals surface area (Å²) >= 11 is 0. The molecule has 11 heavy (non-hydrogen) atoms. The van der Waals surface area contributed by atoms with Crippen molar-refractivity contribution in [3.8, 4) is 5.88 Å². The molecule has 0 saturated carbocycles. The number of hydrogen-bond acceptors (Lipinski definition) is 3. The van der Waals surface area contributed by atoms with E-state index in [4.69, 9.17) is 0 Å². The van der Waals surface area contributed by atoms with Gasteiger partial charge in [0.2, 0.25) is 0 Å². The fourth-order valence-electron chi connectivity index (χ4n) is 0.644. The number of nitrogens with zero attached hydrogens (tertiary/aromatic N) is 1. The highest BCUT2D eigenvalue weighted by Gasteiger charge is 1.97. The van der Waals surface area contributed by atoms with Gasteiger partial charge in [0.1, 0.15) is 0 Å². The Balaban J connectivity index is 3.45. The van der Waals surface area contributed by atoms with Gasteiger partial charge in [0.25, 0.3) is 5.56 Å². The van der Waals surface area contributed by atoms with E-state index in [-0.39, 0.29) is 11.4 Å². The summed E-state index contributed by atoms with van der Waals surface area (Å²) in [5, 5.41) is 0. The SMILES string of the molecule is COc1cc(=O)n(C)c(=O)[nH]1. The van der Waals surface area contributed by atoms with Gasteiger partial charge in [-0.1, -0.05) is 0 Å². The number of aromatic amines is 1. The van der Waals surface area contributed by atoms with Crippen LogP contribution >= 0.6 is 0 Å². The van der Waals surface area contributed by atoms with Crippen molar-refractivity contribution in [1.29, 1.82) is 0 Å². The molecule has 0 bridgehead atoms. The zero-order chi connectivity index (χ0) is 8.43. The van der Waals surface area contributed by atoms with E-state index in [0.717, 1.165) is 4.57 Å². The van der Waals surface area contributed by atoms with E-state index in [1.54, 1.807) is 0 Å². The predicted octanol–water partition coefficient (Wildman–Crippen LogP) is -0.918. The smallest absolute Gasteiger partial charge is 0.330 e. The highest BCUT2D eigenvalue weighted by Crippen LogP contribution is 1.93. The van der Waals surface area contributed by atoms with Crippen molar-refractivity contribution in [2.75, 3.05) is 7.11 Å². The van der Waals surface area contributed by atoms with Crippen LogP contribution in [0.15, 0.2) is 15.7 Å². The molecule has 1 heterocycles. The van der Waals surface area contributed by atoms with Crippen LogP contribution in [0.2, 0.25) is 0 Å². The summed E-state index contributed by atoms with van der Waals surface area (Å²) in [6, 6.07) is 1.21. The number of ether oxygens (including phenoxy) is 1. The van der Waals surface area contributed by atoms with E-state index in [9.17, 15) is 9.59 Å². The predicted molar refractivity (Wildman–Crippen MR) is 38.9 cm³/mol. The maximum absolute atomic E-state index is 10.9. The molecule has 0 fully saturated rings. The van der Waals surface area contributed by atoms with Crippen LogP contribution in [-0.4, -0.2) is 16.7 Å². The van der Waals surface area contributed by atoms with Crippen molar-refractivity contribution < 1.29 is 4.74 Å². The van der Waals surface area contributed by atoms with Gasteiger partial charge >= 0.3 is 5.69 Å². The molecule has 0 unspecified atom stereocenters. The Hall–Kier alpha value is -1.52. The first-order chi connectivity index (χ1) is 5.15. The van der Waals surface area contributed by atoms with Crippen molar-refractivity contribution in [1.82, 2.24) is 9.55 Å². The van der Waals surface area contributed by atoms with E-state index in [1.165, 1.54) is 20.2 Å². The Bertz CT molecular complexity index is 332. The monoisotopic (exact) mass is 156 g/mol. The first kappa shape index (κ1) is 7.59. The van der Waals surface area contributed by atoms with Crippen molar-refractivity contribution in [3.05, 3.63) is 26.9 Å². The number of aromatic nitrogens is 2. The molecule has 0 amide bonds. The maximum atomic E-state index is 10.9. The Morgan fingerprint density at radius 3 is 2.64 bits per heavy atom. The standard InChI is InChI=1S/C6H8N2O3/c1-8-5(9)3-4(11-2)7-6(8)10/h3H,1-2H3,(H,7,10). The topological polar surface area (TPSA) is 64.1 Å². The van der Waals surface area contributed by atoms with E-state index in [2.05, 4.69) is 9.72 Å². The Labute approximate surface area is 62.2 Å². The van der Waals surface area contributed by atoms with Crippen LogP contribution in [0.3, 0.4) is 0 Å². The first-order valence-corrected chi connectivity index (χ1v) is 2.99. The number of methoxy groups -OCH3 is 1. The van der Waals surface area contributed by atoms with Gasteiger partial charge in [-0.05, 0) is 0 Å². The molecule has 0 saturated heterocycles. The van der Waals surface area contributed by atoms with E-state index in [0.29, 0.717) is 0 Å². The van der Waals surface area contributed by atoms with Crippen LogP contribution < -0.4 is 16.0 Å². The summed E-state index contributed by atoms with van der Waals surface area (Å²) in [6.07, 6.45) is 0. The number of nitrogens with one attached hydrogen (secondary N) is 1. The Morgan fingerprint density at radius 1 is 1.55 bits per heavy atom. The molecule has 1 aromatic rings. The van der Waals surface area contributed by atoms with E-state index in [1.807, 2.05) is 0 Å². The molecule has 1 rings (SSSR count). The molecule has 0 aliphatic carbocycles. The third-order valence-electron chi connectivity index (χ3n) is 1.34. The first-order valence-electron chi connectivity index (χ1n) is 2.99. The molecular formula is C6H8N2O3. The normalized spacial score (nSPS) is 9.64. The second kappa shape index (κ2) is 2.61. The summed E-state index contributed by atoms with van der Waals surface area (Å²) in [5.41, 5.74) is -0.861. The molecule has 0 aromatic carbocycles. The molecule has 0 atom stereocenters. The zero-order valence-electron chi connectivity index (χ0n) is 6.25. The third-order valence-corrected chi connectivity index (χ3v) is 1.34. The van der Waals surface area contributed by atoms with Crippen LogP contribution in [0, 0.1) is 0 Å². The van der Waals surface area contributed by atoms with Crippen molar-refractivity contribution in [2.45, 2.75) is 0 Å². The lowest BCUT2D eigenvalue weighted by Crippen LogP contribution is -2.31. The minimum atomic E-state index is -0.477. The molecule has 1 aromatic heterocycles. The van der Waals surface area contributed by atoms with Gasteiger partial charge in [0.15, 0.2) is 5.88 Å². The van der Waals surface area contributed by atoms with Gasteiger partial charge in [-0.2, -0.15) is 0 Å². The lowest BCUT2D eigenvalue weighted by molar-refractivity contribution is 0.392. The highest BCUT2D eigenvalue weighted by atomic mass is 16.5. The summed E-state index contributed by atoms with van der Waals surface area (Å²) < 4.78 is 5.62. The summed E-state index contributed by atoms with van der Waals surface area (Å²) in [4.78, 5) is 24.1. The van der Waals surface area contributed by atoms with Crippen LogP contribution in [0.4, 0.5) is 0 Å². The van der Waals surface area contributed by atoms with Gasteiger partial charge in [-0.15, -0.1) is 0 Å². The molecule has 5 nitrogen and oxygen atoms in total. The molecule has 0 aliphatic heterocycles. The second-order valence-electron chi connectivity index (χ2n) is 2.04. The second-order valence-corrected chi connectivity index (χ2v) is 2.04. The minimum Gasteiger partial charge on any atom is -0.482 e. The number of H-pyrrole nitrogens is 1. The largest absolute Gasteiger partial charge is 0.482 e. The van der Waals surface area contributed by atoms with Crippen LogP contribution in [0.5, 0.6) is 5.88 Å². The maximum Gasteiger partial charge on any atom is 0.330 e. The summed E-state index contributed by atoms with van der Waals surface area (Å²) in [7, 11) is 2.77. The lowest BCUT2D eigenvalue weighted by Gasteiger charge is -1.98. The summed E-state index contributed by atoms with van der Waals surface area (Å²) in [5.74, 6) is 0.179. The van der Waals surface area contributed by atoms with Gasteiger partial charge in [-0.25, -0.2) is 4.79 Å². The molecule has 5 heteroatoms. The minimum absolute atomic E-state index is 0.179. The van der Waals surface area contributed by atoms with Crippen LogP contribution in [-0.2, 0) is 7.05 Å². The quantitative estimate of drug-likeness (QED) is 0.572. The van der Waals surface area contributed by atoms with Gasteiger partial charge < -0.3 is 4.74 Å². The van der Waals surface area contributed by atoms with Crippen molar-refractivity contribution >= 4 is 0 Å². The molecule has 1 N–H and O–H groups in total. The highest BCUT2D eigenvalue weighted by molar-refractivity contribution is 5.05. The van der Waals surface area contributed by atoms with Crippen molar-refractivity contribution in [2.24, 2.45) is 7.05 Å². The van der Waals surface area contributed by atoms with Crippen LogP contribution in [0.25, 0.3) is 0 Å². The van der Waals surface area contributed by atoms with Gasteiger partial charge in [-0.3, -0.25) is 14.3 Å². The fourth-order valence-corrected chi connectivity index (χ4v) is 0.644. The lowest BCUT2D eigenvalue weighted by atomic mass is 10.6. The molecule has 60 valence electrons. The van der Waals surface area contributed by atoms with Crippen LogP contribution in [0.1, 0.15) is 0 Å². The van der Waals surface area contributed by atoms with Gasteiger partial charge in [0.05, 0.1) is 13.2 Å².